The number of thiocarbonyl (C=S) groups is 1. The van der Waals surface area contributed by atoms with Crippen LogP contribution in [0.5, 0.6) is 5.75 Å². The van der Waals surface area contributed by atoms with Crippen LogP contribution in [-0.2, 0) is 42.9 Å². The lowest BCUT2D eigenvalue weighted by atomic mass is 9.97. The number of esters is 4. The van der Waals surface area contributed by atoms with E-state index in [-0.39, 0.29) is 11.7 Å². The molecule has 0 radical (unpaired) electrons. The van der Waals surface area contributed by atoms with E-state index in [1.807, 2.05) is 0 Å². The summed E-state index contributed by atoms with van der Waals surface area (Å²) in [4.78, 5) is 47.0. The third-order valence-electron chi connectivity index (χ3n) is 4.74. The second-order valence-electron chi connectivity index (χ2n) is 7.74. The highest BCUT2D eigenvalue weighted by Gasteiger charge is 2.52. The van der Waals surface area contributed by atoms with Crippen molar-refractivity contribution in [3.8, 4) is 5.75 Å². The van der Waals surface area contributed by atoms with Crippen LogP contribution in [0.3, 0.4) is 0 Å². The summed E-state index contributed by atoms with van der Waals surface area (Å²) in [5, 5.41) is 6.79. The first kappa shape index (κ1) is 29.5. The normalized spacial score (nSPS) is 22.9. The molecule has 13 nitrogen and oxygen atoms in total. The summed E-state index contributed by atoms with van der Waals surface area (Å²) in [6.45, 7) is 4.24. The molecule has 1 heterocycles. The molecule has 1 fully saturated rings. The van der Waals surface area contributed by atoms with Crippen molar-refractivity contribution < 1.29 is 47.6 Å². The first-order chi connectivity index (χ1) is 17.5. The molecule has 2 N–H and O–H groups in total. The molecule has 14 heteroatoms. The Morgan fingerprint density at radius 3 is 2.19 bits per heavy atom. The minimum atomic E-state index is -1.32. The molecule has 1 aromatic rings. The average Bonchev–Trinajstić information content (AvgIpc) is 2.81. The second-order valence-corrected chi connectivity index (χ2v) is 8.15. The molecule has 0 saturated carbocycles. The SMILES string of the molecule is COc1cccc(/C=N/NC(=S)N[C@@H]2O[C@H](COC(C)=O)[C@H](OC(C)=O)[C@H](OC(C)=O)[C@H]2OC(C)=O)c1. The highest BCUT2D eigenvalue weighted by molar-refractivity contribution is 7.80. The Labute approximate surface area is 218 Å². The van der Waals surface area contributed by atoms with Gasteiger partial charge in [0.05, 0.1) is 13.3 Å². The van der Waals surface area contributed by atoms with E-state index >= 15 is 0 Å². The largest absolute Gasteiger partial charge is 0.497 e. The quantitative estimate of drug-likeness (QED) is 0.148. The number of hydrogen-bond donors (Lipinski definition) is 2. The van der Waals surface area contributed by atoms with E-state index < -0.39 is 54.5 Å². The molecule has 202 valence electrons. The molecule has 0 aromatic heterocycles. The van der Waals surface area contributed by atoms with Crippen molar-refractivity contribution in [3.05, 3.63) is 29.8 Å². The summed E-state index contributed by atoms with van der Waals surface area (Å²) in [7, 11) is 1.54. The van der Waals surface area contributed by atoms with Crippen molar-refractivity contribution >= 4 is 47.4 Å². The fraction of sp³-hybridized carbons (Fsp3) is 0.478. The van der Waals surface area contributed by atoms with Crippen LogP contribution >= 0.6 is 12.2 Å². The predicted octanol–water partition coefficient (Wildman–Crippen LogP) is 0.576. The van der Waals surface area contributed by atoms with Gasteiger partial charge in [-0.05, 0) is 29.9 Å². The Bertz CT molecular complexity index is 1030. The van der Waals surface area contributed by atoms with Crippen molar-refractivity contribution in [3.63, 3.8) is 0 Å². The van der Waals surface area contributed by atoms with E-state index in [0.717, 1.165) is 26.3 Å². The molecule has 5 atom stereocenters. The number of methoxy groups -OCH3 is 1. The molecular formula is C23H29N3O10S. The topological polar surface area (TPSA) is 160 Å². The number of ether oxygens (including phenoxy) is 6. The average molecular weight is 540 g/mol. The van der Waals surface area contributed by atoms with Gasteiger partial charge in [0.2, 0.25) is 0 Å². The minimum absolute atomic E-state index is 0.0416. The Balaban J connectivity index is 2.27. The van der Waals surface area contributed by atoms with E-state index in [4.69, 9.17) is 40.6 Å². The van der Waals surface area contributed by atoms with Crippen LogP contribution in [0.25, 0.3) is 0 Å². The molecule has 0 aliphatic carbocycles. The summed E-state index contributed by atoms with van der Waals surface area (Å²) < 4.78 is 32.2. The van der Waals surface area contributed by atoms with Crippen molar-refractivity contribution in [1.82, 2.24) is 10.7 Å². The van der Waals surface area contributed by atoms with Gasteiger partial charge in [-0.15, -0.1) is 0 Å². The number of benzene rings is 1. The zero-order valence-corrected chi connectivity index (χ0v) is 21.7. The molecular weight excluding hydrogens is 510 g/mol. The van der Waals surface area contributed by atoms with Gasteiger partial charge >= 0.3 is 23.9 Å². The molecule has 1 saturated heterocycles. The first-order valence-corrected chi connectivity index (χ1v) is 11.4. The summed E-state index contributed by atoms with van der Waals surface area (Å²) >= 11 is 5.28. The van der Waals surface area contributed by atoms with Crippen LogP contribution in [0, 0.1) is 0 Å². The number of hydrazone groups is 1. The Hall–Kier alpha value is -3.78. The maximum Gasteiger partial charge on any atom is 0.303 e. The monoisotopic (exact) mass is 539 g/mol. The van der Waals surface area contributed by atoms with Crippen molar-refractivity contribution in [2.75, 3.05) is 13.7 Å². The number of carbonyl (C=O) groups is 4. The van der Waals surface area contributed by atoms with Crippen LogP contribution in [0.15, 0.2) is 29.4 Å². The molecule has 37 heavy (non-hydrogen) atoms. The van der Waals surface area contributed by atoms with Crippen LogP contribution in [-0.4, -0.2) is 79.6 Å². The van der Waals surface area contributed by atoms with Crippen molar-refractivity contribution in [2.24, 2.45) is 5.10 Å². The summed E-state index contributed by atoms with van der Waals surface area (Å²) in [6, 6.07) is 7.11. The molecule has 1 aliphatic heterocycles. The smallest absolute Gasteiger partial charge is 0.303 e. The van der Waals surface area contributed by atoms with E-state index in [1.54, 1.807) is 31.4 Å². The summed E-state index contributed by atoms with van der Waals surface area (Å²) in [6.07, 6.45) is -4.72. The Kier molecular flexibility index (Phi) is 11.2. The molecule has 0 amide bonds. The number of carbonyl (C=O) groups excluding carboxylic acids is 4. The maximum atomic E-state index is 11.9. The minimum Gasteiger partial charge on any atom is -0.497 e. The van der Waals surface area contributed by atoms with Gasteiger partial charge in [0.15, 0.2) is 29.7 Å². The lowest BCUT2D eigenvalue weighted by molar-refractivity contribution is -0.254. The number of rotatable bonds is 9. The van der Waals surface area contributed by atoms with Crippen molar-refractivity contribution in [2.45, 2.75) is 58.3 Å². The number of nitrogens with one attached hydrogen (secondary N) is 2. The molecule has 2 rings (SSSR count). The fourth-order valence-corrected chi connectivity index (χ4v) is 3.56. The van der Waals surface area contributed by atoms with Gasteiger partial charge in [0, 0.05) is 27.7 Å². The van der Waals surface area contributed by atoms with Crippen LogP contribution in [0.2, 0.25) is 0 Å². The highest BCUT2D eigenvalue weighted by Crippen LogP contribution is 2.28. The van der Waals surface area contributed by atoms with Gasteiger partial charge in [-0.25, -0.2) is 0 Å². The third kappa shape index (κ3) is 9.65. The summed E-state index contributed by atoms with van der Waals surface area (Å²) in [5.74, 6) is -2.18. The highest BCUT2D eigenvalue weighted by atomic mass is 32.1. The van der Waals surface area contributed by atoms with Gasteiger partial charge < -0.3 is 33.7 Å². The summed E-state index contributed by atoms with van der Waals surface area (Å²) in [5.41, 5.74) is 3.33. The molecule has 0 unspecified atom stereocenters. The van der Waals surface area contributed by atoms with Gasteiger partial charge in [-0.2, -0.15) is 5.10 Å². The lowest BCUT2D eigenvalue weighted by Crippen LogP contribution is -2.66. The zero-order valence-electron chi connectivity index (χ0n) is 20.9. The molecule has 0 bridgehead atoms. The lowest BCUT2D eigenvalue weighted by Gasteiger charge is -2.44. The van der Waals surface area contributed by atoms with Crippen LogP contribution < -0.4 is 15.5 Å². The van der Waals surface area contributed by atoms with Gasteiger partial charge in [-0.1, -0.05) is 12.1 Å². The van der Waals surface area contributed by atoms with Gasteiger partial charge in [0.1, 0.15) is 18.5 Å². The van der Waals surface area contributed by atoms with Crippen LogP contribution in [0.4, 0.5) is 0 Å². The first-order valence-electron chi connectivity index (χ1n) is 11.0. The molecule has 1 aromatic carbocycles. The zero-order chi connectivity index (χ0) is 27.5. The number of nitrogens with zero attached hydrogens (tertiary/aromatic N) is 1. The van der Waals surface area contributed by atoms with E-state index in [9.17, 15) is 19.2 Å². The number of hydrogen-bond acceptors (Lipinski definition) is 12. The van der Waals surface area contributed by atoms with Gasteiger partial charge in [-0.3, -0.25) is 24.6 Å². The maximum absolute atomic E-state index is 11.9. The van der Waals surface area contributed by atoms with E-state index in [1.165, 1.54) is 13.1 Å². The predicted molar refractivity (Wildman–Crippen MR) is 131 cm³/mol. The Morgan fingerprint density at radius 2 is 1.59 bits per heavy atom. The Morgan fingerprint density at radius 1 is 0.973 bits per heavy atom. The fourth-order valence-electron chi connectivity index (χ4n) is 3.39. The molecule has 0 spiro atoms. The van der Waals surface area contributed by atoms with Crippen molar-refractivity contribution in [1.29, 1.82) is 0 Å². The third-order valence-corrected chi connectivity index (χ3v) is 4.95. The molecule has 1 aliphatic rings. The van der Waals surface area contributed by atoms with E-state index in [2.05, 4.69) is 15.8 Å². The second kappa shape index (κ2) is 14.1. The van der Waals surface area contributed by atoms with Gasteiger partial charge in [0.25, 0.3) is 0 Å². The van der Waals surface area contributed by atoms with E-state index in [0.29, 0.717) is 5.75 Å². The standard InChI is InChI=1S/C23H29N3O10S/c1-12(27)32-11-18-19(33-13(2)28)20(34-14(3)29)21(35-15(4)30)22(36-18)25-23(37)26-24-10-16-7-6-8-17(9-16)31-5/h6-10,18-22H,11H2,1-5H3,(H2,25,26,37)/b24-10+/t18-,19+,20+,21-,22-/m1/s1. The van der Waals surface area contributed by atoms with Crippen LogP contribution in [0.1, 0.15) is 33.3 Å².